The molecule has 0 aromatic carbocycles. The highest BCUT2D eigenvalue weighted by Crippen LogP contribution is 2.06. The van der Waals surface area contributed by atoms with Gasteiger partial charge in [-0.1, -0.05) is 0 Å². The molecule has 54 valence electrons. The summed E-state index contributed by atoms with van der Waals surface area (Å²) in [6.45, 7) is 2.48. The minimum atomic E-state index is 0.429. The van der Waals surface area contributed by atoms with Gasteiger partial charge in [-0.25, -0.2) is 9.97 Å². The van der Waals surface area contributed by atoms with Crippen LogP contribution in [0.15, 0.2) is 12.4 Å². The maximum absolute atomic E-state index is 5.36. The number of nitrogen functional groups attached to an aromatic ring is 1. The van der Waals surface area contributed by atoms with E-state index in [1.54, 1.807) is 6.07 Å². The zero-order valence-electron chi connectivity index (χ0n) is 5.74. The van der Waals surface area contributed by atoms with Gasteiger partial charge >= 0.3 is 0 Å². The Hall–Kier alpha value is -1.32. The molecule has 0 atom stereocenters. The van der Waals surface area contributed by atoms with Crippen molar-refractivity contribution in [3.63, 3.8) is 0 Å². The molecule has 0 unspecified atom stereocenters. The molecule has 4 heteroatoms. The van der Waals surface area contributed by atoms with Gasteiger partial charge in [-0.15, -0.1) is 0 Å². The van der Waals surface area contributed by atoms with Gasteiger partial charge in [0, 0.05) is 6.07 Å². The molecule has 0 aliphatic carbocycles. The van der Waals surface area contributed by atoms with Crippen LogP contribution in [0.5, 0.6) is 5.88 Å². The van der Waals surface area contributed by atoms with Crippen molar-refractivity contribution in [1.29, 1.82) is 0 Å². The smallest absolute Gasteiger partial charge is 0.218 e. The van der Waals surface area contributed by atoms with Crippen LogP contribution >= 0.6 is 0 Å². The van der Waals surface area contributed by atoms with Gasteiger partial charge in [0.05, 0.1) is 6.61 Å². The van der Waals surface area contributed by atoms with E-state index in [4.69, 9.17) is 10.5 Å². The van der Waals surface area contributed by atoms with Crippen LogP contribution in [0.25, 0.3) is 0 Å². The molecule has 4 nitrogen and oxygen atoms in total. The van der Waals surface area contributed by atoms with Gasteiger partial charge in [0.2, 0.25) is 5.88 Å². The van der Waals surface area contributed by atoms with E-state index >= 15 is 0 Å². The lowest BCUT2D eigenvalue weighted by Gasteiger charge is -1.99. The zero-order chi connectivity index (χ0) is 7.40. The molecule has 1 heterocycles. The van der Waals surface area contributed by atoms with Crippen molar-refractivity contribution in [2.75, 3.05) is 12.3 Å². The second-order valence-corrected chi connectivity index (χ2v) is 1.71. The number of aromatic nitrogens is 2. The Morgan fingerprint density at radius 1 is 1.60 bits per heavy atom. The molecule has 0 saturated carbocycles. The molecule has 0 amide bonds. The van der Waals surface area contributed by atoms with Gasteiger partial charge in [0.1, 0.15) is 12.1 Å². The van der Waals surface area contributed by atoms with E-state index in [1.165, 1.54) is 6.33 Å². The number of ether oxygens (including phenoxy) is 1. The van der Waals surface area contributed by atoms with Crippen molar-refractivity contribution in [3.05, 3.63) is 12.4 Å². The van der Waals surface area contributed by atoms with Crippen LogP contribution < -0.4 is 10.5 Å². The quantitative estimate of drug-likeness (QED) is 0.646. The highest BCUT2D eigenvalue weighted by Gasteiger charge is 1.92. The van der Waals surface area contributed by atoms with Gasteiger partial charge in [0.25, 0.3) is 0 Å². The normalized spacial score (nSPS) is 9.30. The predicted octanol–water partition coefficient (Wildman–Crippen LogP) is 0.458. The molecule has 0 bridgehead atoms. The minimum Gasteiger partial charge on any atom is -0.478 e. The number of hydrogen-bond donors (Lipinski definition) is 1. The van der Waals surface area contributed by atoms with Crippen LogP contribution in [0.4, 0.5) is 5.82 Å². The summed E-state index contributed by atoms with van der Waals surface area (Å²) in [4.78, 5) is 7.52. The van der Waals surface area contributed by atoms with Crippen molar-refractivity contribution in [2.45, 2.75) is 6.92 Å². The Morgan fingerprint density at radius 2 is 2.40 bits per heavy atom. The molecule has 0 spiro atoms. The largest absolute Gasteiger partial charge is 0.478 e. The fraction of sp³-hybridized carbons (Fsp3) is 0.333. The number of nitrogens with zero attached hydrogens (tertiary/aromatic N) is 2. The molecule has 1 aromatic heterocycles. The monoisotopic (exact) mass is 139 g/mol. The third-order valence-corrected chi connectivity index (χ3v) is 0.955. The maximum atomic E-state index is 5.36. The lowest BCUT2D eigenvalue weighted by molar-refractivity contribution is 0.326. The fourth-order valence-electron chi connectivity index (χ4n) is 0.580. The van der Waals surface area contributed by atoms with Crippen molar-refractivity contribution in [1.82, 2.24) is 9.97 Å². The lowest BCUT2D eigenvalue weighted by atomic mass is 10.6. The lowest BCUT2D eigenvalue weighted by Crippen LogP contribution is -1.97. The Morgan fingerprint density at radius 3 is 3.00 bits per heavy atom. The zero-order valence-corrected chi connectivity index (χ0v) is 5.74. The van der Waals surface area contributed by atoms with Gasteiger partial charge in [-0.3, -0.25) is 0 Å². The summed E-state index contributed by atoms with van der Waals surface area (Å²) in [6.07, 6.45) is 1.38. The van der Waals surface area contributed by atoms with Crippen LogP contribution in [-0.4, -0.2) is 16.6 Å². The van der Waals surface area contributed by atoms with Crippen LogP contribution in [0.2, 0.25) is 0 Å². The molecular formula is C6H9N3O. The van der Waals surface area contributed by atoms with E-state index in [9.17, 15) is 0 Å². The van der Waals surface area contributed by atoms with E-state index in [0.29, 0.717) is 18.3 Å². The summed E-state index contributed by atoms with van der Waals surface area (Å²) in [5, 5.41) is 0. The van der Waals surface area contributed by atoms with Crippen LogP contribution in [0.3, 0.4) is 0 Å². The van der Waals surface area contributed by atoms with E-state index in [0.717, 1.165) is 0 Å². The molecule has 0 fully saturated rings. The molecule has 1 rings (SSSR count). The Kier molecular flexibility index (Phi) is 2.04. The summed E-state index contributed by atoms with van der Waals surface area (Å²) < 4.78 is 5.06. The summed E-state index contributed by atoms with van der Waals surface area (Å²) in [5.41, 5.74) is 5.36. The Labute approximate surface area is 59.1 Å². The second-order valence-electron chi connectivity index (χ2n) is 1.71. The topological polar surface area (TPSA) is 61.0 Å². The average Bonchev–Trinajstić information content (AvgIpc) is 1.88. The number of anilines is 1. The summed E-state index contributed by atoms with van der Waals surface area (Å²) in [6, 6.07) is 1.59. The third-order valence-electron chi connectivity index (χ3n) is 0.955. The first-order valence-electron chi connectivity index (χ1n) is 3.03. The molecule has 0 saturated heterocycles. The summed E-state index contributed by atoms with van der Waals surface area (Å²) >= 11 is 0. The first kappa shape index (κ1) is 6.80. The first-order chi connectivity index (χ1) is 4.83. The van der Waals surface area contributed by atoms with E-state index < -0.39 is 0 Å². The molecule has 0 aliphatic rings. The van der Waals surface area contributed by atoms with Crippen LogP contribution in [0, 0.1) is 0 Å². The number of hydrogen-bond acceptors (Lipinski definition) is 4. The standard InChI is InChI=1S/C6H9N3O/c1-2-10-6-3-5(7)8-4-9-6/h3-4H,2H2,1H3,(H2,7,8,9). The average molecular weight is 139 g/mol. The first-order valence-corrected chi connectivity index (χ1v) is 3.03. The summed E-state index contributed by atoms with van der Waals surface area (Å²) in [5.74, 6) is 0.952. The van der Waals surface area contributed by atoms with Gasteiger partial charge in [-0.05, 0) is 6.92 Å². The Balaban J connectivity index is 2.75. The third kappa shape index (κ3) is 1.58. The van der Waals surface area contributed by atoms with E-state index in [2.05, 4.69) is 9.97 Å². The molecule has 10 heavy (non-hydrogen) atoms. The van der Waals surface area contributed by atoms with Gasteiger partial charge < -0.3 is 10.5 Å². The van der Waals surface area contributed by atoms with Gasteiger partial charge in [0.15, 0.2) is 0 Å². The molecular weight excluding hydrogens is 130 g/mol. The van der Waals surface area contributed by atoms with Crippen LogP contribution in [0.1, 0.15) is 6.92 Å². The van der Waals surface area contributed by atoms with E-state index in [1.807, 2.05) is 6.92 Å². The number of rotatable bonds is 2. The fourth-order valence-corrected chi connectivity index (χ4v) is 0.580. The predicted molar refractivity (Wildman–Crippen MR) is 37.6 cm³/mol. The summed E-state index contributed by atoms with van der Waals surface area (Å²) in [7, 11) is 0. The Bertz CT molecular complexity index is 214. The number of nitrogens with two attached hydrogens (primary N) is 1. The second kappa shape index (κ2) is 3.00. The van der Waals surface area contributed by atoms with Crippen molar-refractivity contribution in [2.24, 2.45) is 0 Å². The maximum Gasteiger partial charge on any atom is 0.218 e. The molecule has 0 radical (unpaired) electrons. The molecule has 0 aliphatic heterocycles. The minimum absolute atomic E-state index is 0.429. The van der Waals surface area contributed by atoms with Crippen molar-refractivity contribution < 1.29 is 4.74 Å². The highest BCUT2D eigenvalue weighted by molar-refractivity contribution is 5.30. The van der Waals surface area contributed by atoms with E-state index in [-0.39, 0.29) is 0 Å². The molecule has 1 aromatic rings. The van der Waals surface area contributed by atoms with Gasteiger partial charge in [-0.2, -0.15) is 0 Å². The van der Waals surface area contributed by atoms with Crippen molar-refractivity contribution >= 4 is 5.82 Å². The highest BCUT2D eigenvalue weighted by atomic mass is 16.5. The molecule has 2 N–H and O–H groups in total. The van der Waals surface area contributed by atoms with Crippen LogP contribution in [-0.2, 0) is 0 Å². The SMILES string of the molecule is CCOc1cc(N)ncn1. The van der Waals surface area contributed by atoms with Crippen molar-refractivity contribution in [3.8, 4) is 5.88 Å².